The van der Waals surface area contributed by atoms with Crippen molar-refractivity contribution in [3.8, 4) is 0 Å². The fraction of sp³-hybridized carbons (Fsp3) is 0.952. The SMILES string of the molecule is CCCCCCCCCCCC(=O)OC[C@H]1O[C@H](OC(C)C)[C@H](O)[C@@H](O)[C@@H]1O. The van der Waals surface area contributed by atoms with E-state index in [1.54, 1.807) is 13.8 Å². The summed E-state index contributed by atoms with van der Waals surface area (Å²) in [7, 11) is 0. The molecule has 7 heteroatoms. The number of carbonyl (C=O) groups is 1. The summed E-state index contributed by atoms with van der Waals surface area (Å²) in [4.78, 5) is 11.9. The van der Waals surface area contributed by atoms with Crippen LogP contribution in [0.3, 0.4) is 0 Å². The number of hydrogen-bond donors (Lipinski definition) is 3. The van der Waals surface area contributed by atoms with Crippen LogP contribution in [0.4, 0.5) is 0 Å². The summed E-state index contributed by atoms with van der Waals surface area (Å²) in [6, 6.07) is 0. The molecule has 166 valence electrons. The largest absolute Gasteiger partial charge is 0.463 e. The van der Waals surface area contributed by atoms with Crippen LogP contribution in [0.2, 0.25) is 0 Å². The Balaban J connectivity index is 2.19. The van der Waals surface area contributed by atoms with Gasteiger partial charge in [0.05, 0.1) is 6.10 Å². The van der Waals surface area contributed by atoms with E-state index in [-0.39, 0.29) is 18.7 Å². The fourth-order valence-corrected chi connectivity index (χ4v) is 3.26. The topological polar surface area (TPSA) is 105 Å². The molecule has 0 amide bonds. The molecule has 0 radical (unpaired) electrons. The minimum absolute atomic E-state index is 0.181. The Morgan fingerprint density at radius 3 is 2.04 bits per heavy atom. The van der Waals surface area contributed by atoms with Crippen LogP contribution in [0.25, 0.3) is 0 Å². The maximum atomic E-state index is 11.9. The Labute approximate surface area is 169 Å². The van der Waals surface area contributed by atoms with E-state index in [0.29, 0.717) is 6.42 Å². The molecule has 0 aromatic heterocycles. The van der Waals surface area contributed by atoms with Crippen LogP contribution in [0.15, 0.2) is 0 Å². The van der Waals surface area contributed by atoms with Gasteiger partial charge in [0, 0.05) is 6.42 Å². The lowest BCUT2D eigenvalue weighted by Gasteiger charge is -2.40. The third-order valence-electron chi connectivity index (χ3n) is 4.97. The van der Waals surface area contributed by atoms with Gasteiger partial charge in [0.25, 0.3) is 0 Å². The van der Waals surface area contributed by atoms with Gasteiger partial charge in [0.1, 0.15) is 31.0 Å². The van der Waals surface area contributed by atoms with Crippen molar-refractivity contribution in [3.63, 3.8) is 0 Å². The standard InChI is InChI=1S/C21H40O7/c1-4-5-6-7-8-9-10-11-12-13-17(22)26-14-16-18(23)19(24)20(25)21(28-16)27-15(2)3/h15-16,18-21,23-25H,4-14H2,1-3H3/t16-,18-,19+,20-,21+/m1/s1. The number of rotatable bonds is 14. The number of unbranched alkanes of at least 4 members (excludes halogenated alkanes) is 8. The number of aliphatic hydroxyl groups is 3. The summed E-state index contributed by atoms with van der Waals surface area (Å²) >= 11 is 0. The molecular weight excluding hydrogens is 364 g/mol. The van der Waals surface area contributed by atoms with Crippen LogP contribution >= 0.6 is 0 Å². The molecule has 3 N–H and O–H groups in total. The van der Waals surface area contributed by atoms with Gasteiger partial charge >= 0.3 is 5.97 Å². The van der Waals surface area contributed by atoms with E-state index in [9.17, 15) is 20.1 Å². The highest BCUT2D eigenvalue weighted by molar-refractivity contribution is 5.69. The predicted molar refractivity (Wildman–Crippen MR) is 106 cm³/mol. The molecule has 1 rings (SSSR count). The van der Waals surface area contributed by atoms with Crippen LogP contribution in [-0.4, -0.2) is 64.7 Å². The number of ether oxygens (including phenoxy) is 3. The minimum Gasteiger partial charge on any atom is -0.463 e. The van der Waals surface area contributed by atoms with E-state index >= 15 is 0 Å². The van der Waals surface area contributed by atoms with Gasteiger partial charge in [0.15, 0.2) is 6.29 Å². The molecule has 0 unspecified atom stereocenters. The molecule has 1 fully saturated rings. The highest BCUT2D eigenvalue weighted by Crippen LogP contribution is 2.23. The molecule has 28 heavy (non-hydrogen) atoms. The molecule has 1 aliphatic heterocycles. The molecule has 7 nitrogen and oxygen atoms in total. The monoisotopic (exact) mass is 404 g/mol. The molecule has 1 saturated heterocycles. The highest BCUT2D eigenvalue weighted by Gasteiger charge is 2.45. The molecule has 5 atom stereocenters. The second-order valence-corrected chi connectivity index (χ2v) is 7.96. The number of aliphatic hydroxyl groups excluding tert-OH is 3. The van der Waals surface area contributed by atoms with Crippen molar-refractivity contribution in [2.24, 2.45) is 0 Å². The molecule has 0 aromatic rings. The van der Waals surface area contributed by atoms with Crippen LogP contribution < -0.4 is 0 Å². The third-order valence-corrected chi connectivity index (χ3v) is 4.97. The van der Waals surface area contributed by atoms with E-state index in [2.05, 4.69) is 6.92 Å². The van der Waals surface area contributed by atoms with Crippen molar-refractivity contribution in [3.05, 3.63) is 0 Å². The third kappa shape index (κ3) is 9.65. The van der Waals surface area contributed by atoms with Gasteiger partial charge in [-0.15, -0.1) is 0 Å². The van der Waals surface area contributed by atoms with Crippen molar-refractivity contribution < 1.29 is 34.3 Å². The second kappa shape index (κ2) is 14.3. The van der Waals surface area contributed by atoms with Crippen LogP contribution in [0.5, 0.6) is 0 Å². The van der Waals surface area contributed by atoms with Gasteiger partial charge in [-0.3, -0.25) is 4.79 Å². The molecular formula is C21H40O7. The summed E-state index contributed by atoms with van der Waals surface area (Å²) in [5.41, 5.74) is 0. The van der Waals surface area contributed by atoms with Gasteiger partial charge in [0.2, 0.25) is 0 Å². The predicted octanol–water partition coefficient (Wildman–Crippen LogP) is 2.68. The van der Waals surface area contributed by atoms with Crippen LogP contribution in [0.1, 0.15) is 85.0 Å². The lowest BCUT2D eigenvalue weighted by Crippen LogP contribution is -2.59. The van der Waals surface area contributed by atoms with E-state index in [1.807, 2.05) is 0 Å². The molecule has 1 aliphatic rings. The highest BCUT2D eigenvalue weighted by atomic mass is 16.7. The first-order chi connectivity index (χ1) is 13.4. The summed E-state index contributed by atoms with van der Waals surface area (Å²) in [5, 5.41) is 29.9. The van der Waals surface area contributed by atoms with Gasteiger partial charge in [-0.05, 0) is 20.3 Å². The zero-order valence-corrected chi connectivity index (χ0v) is 17.7. The molecule has 1 heterocycles. The average molecular weight is 405 g/mol. The Morgan fingerprint density at radius 2 is 1.46 bits per heavy atom. The maximum Gasteiger partial charge on any atom is 0.305 e. The first kappa shape index (κ1) is 25.3. The van der Waals surface area contributed by atoms with E-state index in [1.165, 1.54) is 38.5 Å². The fourth-order valence-electron chi connectivity index (χ4n) is 3.26. The van der Waals surface area contributed by atoms with Crippen molar-refractivity contribution in [1.82, 2.24) is 0 Å². The van der Waals surface area contributed by atoms with E-state index in [0.717, 1.165) is 19.3 Å². The van der Waals surface area contributed by atoms with Crippen molar-refractivity contribution in [1.29, 1.82) is 0 Å². The Kier molecular flexibility index (Phi) is 12.9. The normalized spacial score (nSPS) is 27.9. The number of hydrogen-bond acceptors (Lipinski definition) is 7. The average Bonchev–Trinajstić information content (AvgIpc) is 2.65. The smallest absolute Gasteiger partial charge is 0.305 e. The van der Waals surface area contributed by atoms with E-state index < -0.39 is 30.7 Å². The van der Waals surface area contributed by atoms with Gasteiger partial charge in [-0.1, -0.05) is 58.3 Å². The Bertz CT molecular complexity index is 416. The van der Waals surface area contributed by atoms with Gasteiger partial charge < -0.3 is 29.5 Å². The minimum atomic E-state index is -1.42. The van der Waals surface area contributed by atoms with Gasteiger partial charge in [-0.2, -0.15) is 0 Å². The Morgan fingerprint density at radius 1 is 0.893 bits per heavy atom. The van der Waals surface area contributed by atoms with Crippen molar-refractivity contribution >= 4 is 5.97 Å². The molecule has 0 bridgehead atoms. The summed E-state index contributed by atoms with van der Waals surface area (Å²) < 4.78 is 16.1. The molecule has 0 aliphatic carbocycles. The zero-order valence-electron chi connectivity index (χ0n) is 17.7. The number of carbonyl (C=O) groups excluding carboxylic acids is 1. The first-order valence-electron chi connectivity index (χ1n) is 10.9. The zero-order chi connectivity index (χ0) is 20.9. The van der Waals surface area contributed by atoms with Crippen LogP contribution in [-0.2, 0) is 19.0 Å². The lowest BCUT2D eigenvalue weighted by molar-refractivity contribution is -0.309. The quantitative estimate of drug-likeness (QED) is 0.302. The summed E-state index contributed by atoms with van der Waals surface area (Å²) in [6.45, 7) is 5.57. The Hall–Kier alpha value is -0.730. The first-order valence-corrected chi connectivity index (χ1v) is 10.9. The second-order valence-electron chi connectivity index (χ2n) is 7.96. The molecule has 0 saturated carbocycles. The summed E-state index contributed by atoms with van der Waals surface area (Å²) in [6.07, 6.45) is 4.53. The molecule has 0 spiro atoms. The van der Waals surface area contributed by atoms with E-state index in [4.69, 9.17) is 14.2 Å². The van der Waals surface area contributed by atoms with Crippen LogP contribution in [0, 0.1) is 0 Å². The lowest BCUT2D eigenvalue weighted by atomic mass is 9.99. The van der Waals surface area contributed by atoms with Crippen molar-refractivity contribution in [2.75, 3.05) is 6.61 Å². The molecule has 0 aromatic carbocycles. The summed E-state index contributed by atoms with van der Waals surface area (Å²) in [5.74, 6) is -0.347. The maximum absolute atomic E-state index is 11.9. The number of esters is 1. The van der Waals surface area contributed by atoms with Gasteiger partial charge in [-0.25, -0.2) is 0 Å². The van der Waals surface area contributed by atoms with Crippen molar-refractivity contribution in [2.45, 2.75) is 122 Å².